The largest absolute Gasteiger partial charge is 0.329 e. The van der Waals surface area contributed by atoms with E-state index in [1.807, 2.05) is 0 Å². The van der Waals surface area contributed by atoms with Gasteiger partial charge in [-0.25, -0.2) is 0 Å². The third-order valence-corrected chi connectivity index (χ3v) is 6.30. The van der Waals surface area contributed by atoms with Gasteiger partial charge >= 0.3 is 0 Å². The van der Waals surface area contributed by atoms with Crippen LogP contribution >= 0.6 is 11.8 Å². The minimum atomic E-state index is 0.401. The predicted molar refractivity (Wildman–Crippen MR) is 70.7 cm³/mol. The van der Waals surface area contributed by atoms with E-state index in [9.17, 15) is 0 Å². The van der Waals surface area contributed by atoms with Crippen LogP contribution in [0.2, 0.25) is 0 Å². The second-order valence-electron chi connectivity index (χ2n) is 6.02. The molecule has 16 heavy (non-hydrogen) atoms. The molecule has 0 radical (unpaired) electrons. The summed E-state index contributed by atoms with van der Waals surface area (Å²) in [6, 6.07) is 0. The van der Waals surface area contributed by atoms with Crippen LogP contribution in [0.5, 0.6) is 0 Å². The van der Waals surface area contributed by atoms with Crippen molar-refractivity contribution < 1.29 is 0 Å². The fourth-order valence-corrected chi connectivity index (χ4v) is 5.42. The molecule has 2 N–H and O–H groups in total. The molecule has 3 heteroatoms. The van der Waals surface area contributed by atoms with Crippen LogP contribution in [0.25, 0.3) is 0 Å². The Morgan fingerprint density at radius 1 is 1.44 bits per heavy atom. The number of fused-ring (bicyclic) bond motifs is 2. The Bertz CT molecular complexity index is 271. The molecule has 1 aliphatic heterocycles. The summed E-state index contributed by atoms with van der Waals surface area (Å²) in [5, 5.41) is 0.802. The molecule has 1 saturated heterocycles. The maximum Gasteiger partial charge on any atom is 0.0363 e. The van der Waals surface area contributed by atoms with Crippen LogP contribution in [0.4, 0.5) is 0 Å². The van der Waals surface area contributed by atoms with Crippen LogP contribution in [0.3, 0.4) is 0 Å². The number of hydrogen-bond acceptors (Lipinski definition) is 3. The summed E-state index contributed by atoms with van der Waals surface area (Å²) in [5.41, 5.74) is 6.58. The van der Waals surface area contributed by atoms with E-state index in [0.29, 0.717) is 5.54 Å². The van der Waals surface area contributed by atoms with E-state index in [0.717, 1.165) is 23.6 Å². The van der Waals surface area contributed by atoms with Crippen molar-refractivity contribution in [1.29, 1.82) is 0 Å². The fraction of sp³-hybridized carbons (Fsp3) is 1.00. The number of hydrogen-bond donors (Lipinski definition) is 1. The lowest BCUT2D eigenvalue weighted by atomic mass is 9.79. The van der Waals surface area contributed by atoms with Gasteiger partial charge in [0.2, 0.25) is 0 Å². The highest BCUT2D eigenvalue weighted by atomic mass is 32.2. The summed E-state index contributed by atoms with van der Waals surface area (Å²) in [4.78, 5) is 2.76. The van der Waals surface area contributed by atoms with Gasteiger partial charge in [0.1, 0.15) is 0 Å². The first-order valence-electron chi connectivity index (χ1n) is 6.81. The highest BCUT2D eigenvalue weighted by Gasteiger charge is 2.53. The quantitative estimate of drug-likeness (QED) is 0.800. The van der Waals surface area contributed by atoms with Gasteiger partial charge in [-0.2, -0.15) is 11.8 Å². The summed E-state index contributed by atoms with van der Waals surface area (Å²) in [6.45, 7) is 5.81. The molecule has 4 unspecified atom stereocenters. The number of nitrogens with zero attached hydrogens (tertiary/aromatic N) is 1. The second-order valence-corrected chi connectivity index (χ2v) is 7.56. The molecule has 0 aromatic rings. The van der Waals surface area contributed by atoms with Gasteiger partial charge in [0.25, 0.3) is 0 Å². The monoisotopic (exact) mass is 240 g/mol. The normalized spacial score (nSPS) is 48.8. The van der Waals surface area contributed by atoms with Gasteiger partial charge < -0.3 is 5.73 Å². The first kappa shape index (κ1) is 11.4. The zero-order valence-electron chi connectivity index (χ0n) is 10.3. The summed E-state index contributed by atoms with van der Waals surface area (Å²) in [5.74, 6) is 3.22. The van der Waals surface area contributed by atoms with Crippen molar-refractivity contribution in [3.63, 3.8) is 0 Å². The average molecular weight is 240 g/mol. The molecular weight excluding hydrogens is 216 g/mol. The lowest BCUT2D eigenvalue weighted by molar-refractivity contribution is 0.0455. The zero-order valence-corrected chi connectivity index (χ0v) is 11.1. The van der Waals surface area contributed by atoms with E-state index < -0.39 is 0 Å². The molecule has 2 aliphatic carbocycles. The molecule has 2 nitrogen and oxygen atoms in total. The molecule has 0 amide bonds. The van der Waals surface area contributed by atoms with Gasteiger partial charge in [0, 0.05) is 36.2 Å². The molecule has 3 aliphatic rings. The van der Waals surface area contributed by atoms with Crippen molar-refractivity contribution in [2.24, 2.45) is 17.6 Å². The molecule has 2 bridgehead atoms. The number of nitrogens with two attached hydrogens (primary N) is 1. The van der Waals surface area contributed by atoms with Crippen molar-refractivity contribution in [2.75, 3.05) is 25.4 Å². The minimum absolute atomic E-state index is 0.401. The molecule has 1 heterocycles. The third-order valence-electron chi connectivity index (χ3n) is 5.17. The molecule has 3 fully saturated rings. The SMILES string of the molecule is CC1CN(C2(CN)CC3CCC2C3)CCS1. The van der Waals surface area contributed by atoms with Crippen molar-refractivity contribution >= 4 is 11.8 Å². The smallest absolute Gasteiger partial charge is 0.0363 e. The van der Waals surface area contributed by atoms with E-state index >= 15 is 0 Å². The Balaban J connectivity index is 1.79. The number of thioether (sulfide) groups is 1. The van der Waals surface area contributed by atoms with Crippen LogP contribution in [-0.2, 0) is 0 Å². The first-order valence-corrected chi connectivity index (χ1v) is 7.86. The number of rotatable bonds is 2. The predicted octanol–water partition coefficient (Wildman–Crippen LogP) is 1.94. The molecule has 4 atom stereocenters. The van der Waals surface area contributed by atoms with E-state index in [-0.39, 0.29) is 0 Å². The van der Waals surface area contributed by atoms with Crippen LogP contribution in [0.15, 0.2) is 0 Å². The highest BCUT2D eigenvalue weighted by molar-refractivity contribution is 7.99. The Kier molecular flexibility index (Phi) is 2.97. The standard InChI is InChI=1S/C13H24N2S/c1-10-8-15(4-5-16-10)13(9-14)7-11-2-3-12(13)6-11/h10-12H,2-9,14H2,1H3. The van der Waals surface area contributed by atoms with Gasteiger partial charge in [-0.1, -0.05) is 13.3 Å². The fourth-order valence-electron chi connectivity index (χ4n) is 4.40. The van der Waals surface area contributed by atoms with Crippen molar-refractivity contribution in [3.8, 4) is 0 Å². The van der Waals surface area contributed by atoms with Gasteiger partial charge in [-0.15, -0.1) is 0 Å². The molecule has 0 spiro atoms. The van der Waals surface area contributed by atoms with Crippen molar-refractivity contribution in [3.05, 3.63) is 0 Å². The maximum atomic E-state index is 6.18. The Labute approximate surface area is 103 Å². The van der Waals surface area contributed by atoms with Gasteiger partial charge in [-0.05, 0) is 31.1 Å². The summed E-state index contributed by atoms with van der Waals surface area (Å²) >= 11 is 2.13. The van der Waals surface area contributed by atoms with Crippen LogP contribution in [0.1, 0.15) is 32.6 Å². The average Bonchev–Trinajstić information content (AvgIpc) is 2.89. The molecule has 0 aromatic heterocycles. The van der Waals surface area contributed by atoms with Gasteiger partial charge in [0.15, 0.2) is 0 Å². The zero-order chi connectivity index (χ0) is 11.2. The van der Waals surface area contributed by atoms with Crippen molar-refractivity contribution in [1.82, 2.24) is 4.90 Å². The summed E-state index contributed by atoms with van der Waals surface area (Å²) in [6.07, 6.45) is 5.78. The van der Waals surface area contributed by atoms with Crippen molar-refractivity contribution in [2.45, 2.75) is 43.4 Å². The van der Waals surface area contributed by atoms with Crippen LogP contribution in [0, 0.1) is 11.8 Å². The first-order chi connectivity index (χ1) is 7.74. The Morgan fingerprint density at radius 3 is 2.88 bits per heavy atom. The molecule has 0 aromatic carbocycles. The summed E-state index contributed by atoms with van der Waals surface area (Å²) < 4.78 is 0. The van der Waals surface area contributed by atoms with E-state index in [4.69, 9.17) is 5.73 Å². The molecule has 92 valence electrons. The summed E-state index contributed by atoms with van der Waals surface area (Å²) in [7, 11) is 0. The third kappa shape index (κ3) is 1.63. The Morgan fingerprint density at radius 2 is 2.31 bits per heavy atom. The van der Waals surface area contributed by atoms with Gasteiger partial charge in [-0.3, -0.25) is 4.90 Å². The van der Waals surface area contributed by atoms with Crippen LogP contribution < -0.4 is 5.73 Å². The molecular formula is C13H24N2S. The molecule has 3 rings (SSSR count). The lowest BCUT2D eigenvalue weighted by Gasteiger charge is -2.49. The van der Waals surface area contributed by atoms with Crippen LogP contribution in [-0.4, -0.2) is 41.1 Å². The highest BCUT2D eigenvalue weighted by Crippen LogP contribution is 2.53. The Hall–Kier alpha value is 0.270. The second kappa shape index (κ2) is 4.18. The molecule has 2 saturated carbocycles. The lowest BCUT2D eigenvalue weighted by Crippen LogP contribution is -2.60. The van der Waals surface area contributed by atoms with E-state index in [1.54, 1.807) is 0 Å². The topological polar surface area (TPSA) is 29.3 Å². The van der Waals surface area contributed by atoms with Gasteiger partial charge in [0.05, 0.1) is 0 Å². The maximum absolute atomic E-state index is 6.18. The van der Waals surface area contributed by atoms with E-state index in [1.165, 1.54) is 44.5 Å². The minimum Gasteiger partial charge on any atom is -0.329 e. The van der Waals surface area contributed by atoms with E-state index in [2.05, 4.69) is 23.6 Å².